The highest BCUT2D eigenvalue weighted by Crippen LogP contribution is 2.53. The van der Waals surface area contributed by atoms with E-state index in [-0.39, 0.29) is 5.41 Å². The lowest BCUT2D eigenvalue weighted by atomic mass is 9.61. The normalized spacial score (nSPS) is 17.3. The Morgan fingerprint density at radius 2 is 1.93 bits per heavy atom. The first-order valence-electron chi connectivity index (χ1n) is 10.4. The summed E-state index contributed by atoms with van der Waals surface area (Å²) in [5.41, 5.74) is 4.38. The number of nitrogens with one attached hydrogen (secondary N) is 1. The molecule has 0 saturated heterocycles. The van der Waals surface area contributed by atoms with Gasteiger partial charge < -0.3 is 5.11 Å². The van der Waals surface area contributed by atoms with E-state index in [2.05, 4.69) is 19.3 Å². The minimum atomic E-state index is -3.45. The second kappa shape index (κ2) is 9.89. The molecule has 1 unspecified atom stereocenters. The maximum Gasteiger partial charge on any atom is 0.245 e. The van der Waals surface area contributed by atoms with Crippen molar-refractivity contribution >= 4 is 15.7 Å². The van der Waals surface area contributed by atoms with Crippen LogP contribution in [0.15, 0.2) is 24.3 Å². The van der Waals surface area contributed by atoms with E-state index in [1.165, 1.54) is 10.7 Å². The minimum absolute atomic E-state index is 0.0448. The largest absolute Gasteiger partial charge is 0.388 e. The molecule has 0 radical (unpaired) electrons. The fraction of sp³-hybridized carbons (Fsp3) is 0.714. The Bertz CT molecular complexity index is 686. The first kappa shape index (κ1) is 22.2. The molecule has 1 aromatic carbocycles. The van der Waals surface area contributed by atoms with Gasteiger partial charge in [0, 0.05) is 12.0 Å². The number of hydrogen-bond donors (Lipinski definition) is 2. The zero-order valence-corrected chi connectivity index (χ0v) is 17.9. The Hall–Kier alpha value is -1.11. The number of anilines is 1. The lowest BCUT2D eigenvalue weighted by molar-refractivity contribution is -0.0440. The van der Waals surface area contributed by atoms with Gasteiger partial charge in [0.1, 0.15) is 0 Å². The highest BCUT2D eigenvalue weighted by molar-refractivity contribution is 7.92. The van der Waals surface area contributed by atoms with Crippen molar-refractivity contribution in [1.82, 2.24) is 5.43 Å². The number of nitrogens with zero attached hydrogens (tertiary/aromatic N) is 1. The van der Waals surface area contributed by atoms with Gasteiger partial charge in [-0.3, -0.25) is 0 Å². The van der Waals surface area contributed by atoms with Crippen molar-refractivity contribution in [3.63, 3.8) is 0 Å². The number of aliphatic hydroxyl groups excluding tert-OH is 1. The van der Waals surface area contributed by atoms with Crippen LogP contribution in [-0.2, 0) is 10.0 Å². The Balaban J connectivity index is 2.16. The third-order valence-electron chi connectivity index (χ3n) is 5.72. The van der Waals surface area contributed by atoms with Gasteiger partial charge >= 0.3 is 0 Å². The first-order valence-corrected chi connectivity index (χ1v) is 12.2. The molecule has 0 heterocycles. The van der Waals surface area contributed by atoms with Gasteiger partial charge in [0.05, 0.1) is 18.0 Å². The van der Waals surface area contributed by atoms with Crippen LogP contribution in [0.2, 0.25) is 0 Å². The van der Waals surface area contributed by atoms with Gasteiger partial charge in [-0.05, 0) is 43.4 Å². The van der Waals surface area contributed by atoms with Crippen molar-refractivity contribution in [3.05, 3.63) is 29.8 Å². The SMILES string of the molecule is CCCCCCNN(c1cccc(C(O)C2(CCC)CCC2)c1)S(C)(=O)=O. The van der Waals surface area contributed by atoms with Crippen LogP contribution in [0.1, 0.15) is 83.3 Å². The number of hydrogen-bond acceptors (Lipinski definition) is 4. The molecule has 1 aliphatic rings. The van der Waals surface area contributed by atoms with Crippen molar-refractivity contribution in [1.29, 1.82) is 0 Å². The third-order valence-corrected chi connectivity index (χ3v) is 6.72. The van der Waals surface area contributed by atoms with Gasteiger partial charge in [-0.15, -0.1) is 0 Å². The lowest BCUT2D eigenvalue weighted by Crippen LogP contribution is -2.43. The standard InChI is InChI=1S/C21H36N2O3S/c1-4-6-7-8-16-22-23(27(3,25)26)19-12-9-11-18(17-19)20(24)21(13-5-2)14-10-15-21/h9,11-12,17,20,22,24H,4-8,10,13-16H2,1-3H3. The van der Waals surface area contributed by atoms with Gasteiger partial charge in [-0.1, -0.05) is 58.1 Å². The van der Waals surface area contributed by atoms with Crippen LogP contribution in [0.25, 0.3) is 0 Å². The van der Waals surface area contributed by atoms with Crippen LogP contribution in [-0.4, -0.2) is 26.3 Å². The van der Waals surface area contributed by atoms with Crippen molar-refractivity contribution in [3.8, 4) is 0 Å². The molecule has 1 atom stereocenters. The number of aliphatic hydroxyl groups is 1. The average molecular weight is 397 g/mol. The van der Waals surface area contributed by atoms with E-state index in [1.807, 2.05) is 18.2 Å². The molecule has 2 N–H and O–H groups in total. The van der Waals surface area contributed by atoms with Gasteiger partial charge in [0.25, 0.3) is 0 Å². The average Bonchev–Trinajstić information content (AvgIpc) is 2.59. The Morgan fingerprint density at radius 1 is 1.19 bits per heavy atom. The van der Waals surface area contributed by atoms with Gasteiger partial charge in [0.2, 0.25) is 10.0 Å². The summed E-state index contributed by atoms with van der Waals surface area (Å²) in [5, 5.41) is 11.0. The predicted octanol–water partition coefficient (Wildman–Crippen LogP) is 4.54. The smallest absolute Gasteiger partial charge is 0.245 e. The van der Waals surface area contributed by atoms with Gasteiger partial charge in [-0.2, -0.15) is 0 Å². The lowest BCUT2D eigenvalue weighted by Gasteiger charge is -2.46. The molecule has 27 heavy (non-hydrogen) atoms. The van der Waals surface area contributed by atoms with E-state index in [1.54, 1.807) is 6.07 Å². The van der Waals surface area contributed by atoms with Crippen molar-refractivity contribution in [2.75, 3.05) is 17.2 Å². The number of rotatable bonds is 12. The van der Waals surface area contributed by atoms with E-state index in [9.17, 15) is 13.5 Å². The minimum Gasteiger partial charge on any atom is -0.388 e. The summed E-state index contributed by atoms with van der Waals surface area (Å²) >= 11 is 0. The summed E-state index contributed by atoms with van der Waals surface area (Å²) in [6.45, 7) is 4.91. The Labute approximate surface area is 165 Å². The summed E-state index contributed by atoms with van der Waals surface area (Å²) in [6.07, 6.45) is 10.3. The van der Waals surface area contributed by atoms with E-state index in [0.29, 0.717) is 12.2 Å². The molecule has 2 rings (SSSR count). The number of benzene rings is 1. The fourth-order valence-corrected chi connectivity index (χ4v) is 4.92. The summed E-state index contributed by atoms with van der Waals surface area (Å²) in [4.78, 5) is 0. The second-order valence-corrected chi connectivity index (χ2v) is 9.79. The maximum atomic E-state index is 12.3. The van der Waals surface area contributed by atoms with Crippen LogP contribution in [0.4, 0.5) is 5.69 Å². The summed E-state index contributed by atoms with van der Waals surface area (Å²) < 4.78 is 25.9. The molecule has 0 aromatic heterocycles. The molecule has 1 aliphatic carbocycles. The van der Waals surface area contributed by atoms with E-state index >= 15 is 0 Å². The topological polar surface area (TPSA) is 69.6 Å². The maximum absolute atomic E-state index is 12.3. The monoisotopic (exact) mass is 396 g/mol. The molecule has 0 bridgehead atoms. The molecule has 1 aromatic rings. The van der Waals surface area contributed by atoms with Crippen LogP contribution in [0.5, 0.6) is 0 Å². The highest BCUT2D eigenvalue weighted by atomic mass is 32.2. The molecule has 0 spiro atoms. The number of unbranched alkanes of at least 4 members (excludes halogenated alkanes) is 3. The molecular formula is C21H36N2O3S. The molecule has 5 nitrogen and oxygen atoms in total. The summed E-state index contributed by atoms with van der Waals surface area (Å²) in [6, 6.07) is 7.35. The van der Waals surface area contributed by atoms with Crippen molar-refractivity contribution in [2.24, 2.45) is 5.41 Å². The third kappa shape index (κ3) is 5.69. The Kier molecular flexibility index (Phi) is 8.13. The molecule has 1 fully saturated rings. The van der Waals surface area contributed by atoms with Crippen LogP contribution >= 0.6 is 0 Å². The van der Waals surface area contributed by atoms with Crippen molar-refractivity contribution in [2.45, 2.75) is 77.7 Å². The van der Waals surface area contributed by atoms with E-state index < -0.39 is 16.1 Å². The quantitative estimate of drug-likeness (QED) is 0.402. The van der Waals surface area contributed by atoms with Crippen molar-refractivity contribution < 1.29 is 13.5 Å². The molecule has 0 amide bonds. The molecule has 0 aliphatic heterocycles. The van der Waals surface area contributed by atoms with Crippen LogP contribution in [0, 0.1) is 5.41 Å². The van der Waals surface area contributed by atoms with Crippen LogP contribution in [0.3, 0.4) is 0 Å². The van der Waals surface area contributed by atoms with Crippen LogP contribution < -0.4 is 9.84 Å². The summed E-state index contributed by atoms with van der Waals surface area (Å²) in [5.74, 6) is 0. The number of hydrazine groups is 1. The Morgan fingerprint density at radius 3 is 2.48 bits per heavy atom. The van der Waals surface area contributed by atoms with Gasteiger partial charge in [-0.25, -0.2) is 18.3 Å². The van der Waals surface area contributed by atoms with E-state index in [4.69, 9.17) is 0 Å². The number of sulfonamides is 1. The zero-order chi connectivity index (χ0) is 19.9. The molecule has 1 saturated carbocycles. The van der Waals surface area contributed by atoms with Gasteiger partial charge in [0.15, 0.2) is 0 Å². The second-order valence-electron chi connectivity index (χ2n) is 7.96. The predicted molar refractivity (Wildman–Crippen MR) is 112 cm³/mol. The molecule has 6 heteroatoms. The fourth-order valence-electron chi connectivity index (χ4n) is 4.10. The highest BCUT2D eigenvalue weighted by Gasteiger charge is 2.43. The summed E-state index contributed by atoms with van der Waals surface area (Å²) in [7, 11) is -3.45. The van der Waals surface area contributed by atoms with E-state index in [0.717, 1.165) is 63.4 Å². The first-order chi connectivity index (χ1) is 12.8. The zero-order valence-electron chi connectivity index (χ0n) is 17.1. The molecular weight excluding hydrogens is 360 g/mol. The molecule has 154 valence electrons.